The van der Waals surface area contributed by atoms with Gasteiger partial charge in [0.15, 0.2) is 0 Å². The molecule has 7 heteroatoms. The Balaban J connectivity index is 1.14. The third-order valence-corrected chi connectivity index (χ3v) is 8.75. The molecule has 2 saturated heterocycles. The number of carbonyl (C=O) groups is 1. The molecule has 2 aliphatic heterocycles. The molecule has 39 heavy (non-hydrogen) atoms. The number of halogens is 1. The lowest BCUT2D eigenvalue weighted by Gasteiger charge is -2.40. The van der Waals surface area contributed by atoms with Gasteiger partial charge in [0.1, 0.15) is 5.82 Å². The number of carbonyl (C=O) groups excluding carboxylic acids is 1. The van der Waals surface area contributed by atoms with Crippen LogP contribution in [0.5, 0.6) is 0 Å². The lowest BCUT2D eigenvalue weighted by Crippen LogP contribution is -2.52. The van der Waals surface area contributed by atoms with Crippen LogP contribution < -0.4 is 4.90 Å². The summed E-state index contributed by atoms with van der Waals surface area (Å²) >= 11 is 3.56. The summed E-state index contributed by atoms with van der Waals surface area (Å²) in [5.74, 6) is 1.40. The van der Waals surface area contributed by atoms with Gasteiger partial charge in [0.2, 0.25) is 5.91 Å². The van der Waals surface area contributed by atoms with Crippen LogP contribution in [0.3, 0.4) is 0 Å². The smallest absolute Gasteiger partial charge is 0.227 e. The normalized spacial score (nSPS) is 18.6. The molecule has 0 radical (unpaired) electrons. The fourth-order valence-corrected chi connectivity index (χ4v) is 6.51. The van der Waals surface area contributed by atoms with Crippen LogP contribution in [0.15, 0.2) is 71.2 Å². The Labute approximate surface area is 239 Å². The van der Waals surface area contributed by atoms with Crippen LogP contribution >= 0.6 is 15.9 Å². The Hall–Kier alpha value is -3.16. The van der Waals surface area contributed by atoms with Crippen molar-refractivity contribution in [2.45, 2.75) is 33.2 Å². The maximum absolute atomic E-state index is 13.6. The zero-order valence-electron chi connectivity index (χ0n) is 22.8. The number of fused-ring (bicyclic) bond motifs is 1. The third kappa shape index (κ3) is 5.48. The molecule has 6 nitrogen and oxygen atoms in total. The number of hydrogen-bond donors (Lipinski definition) is 0. The van der Waals surface area contributed by atoms with Crippen LogP contribution in [0.1, 0.15) is 29.8 Å². The number of nitrogens with zero attached hydrogens (tertiary/aromatic N) is 5. The molecular formula is C32H36BrN5O. The minimum atomic E-state index is 0.0527. The molecule has 2 aliphatic rings. The fourth-order valence-electron chi connectivity index (χ4n) is 6.25. The Bertz CT molecular complexity index is 1470. The SMILES string of the molecule is Cc1ccc(N2CCN(C(=O)[C@H]3CCCN(Cc4nc5ccccc5n4-c4ccc(Br)cc4)C3)CC2)c(C)c1. The summed E-state index contributed by atoms with van der Waals surface area (Å²) in [4.78, 5) is 25.6. The maximum atomic E-state index is 13.6. The average Bonchev–Trinajstić information content (AvgIpc) is 3.31. The molecule has 0 bridgehead atoms. The second kappa shape index (κ2) is 11.1. The van der Waals surface area contributed by atoms with Gasteiger partial charge in [-0.2, -0.15) is 0 Å². The first-order valence-electron chi connectivity index (χ1n) is 14.0. The lowest BCUT2D eigenvalue weighted by atomic mass is 9.96. The summed E-state index contributed by atoms with van der Waals surface area (Å²) in [5.41, 5.74) is 7.12. The quantitative estimate of drug-likeness (QED) is 0.289. The average molecular weight is 587 g/mol. The highest BCUT2D eigenvalue weighted by molar-refractivity contribution is 9.10. The Morgan fingerprint density at radius 2 is 1.72 bits per heavy atom. The highest BCUT2D eigenvalue weighted by atomic mass is 79.9. The van der Waals surface area contributed by atoms with Crippen molar-refractivity contribution < 1.29 is 4.79 Å². The number of aromatic nitrogens is 2. The molecule has 0 saturated carbocycles. The second-order valence-corrected chi connectivity index (χ2v) is 11.9. The Morgan fingerprint density at radius 1 is 0.949 bits per heavy atom. The predicted octanol–water partition coefficient (Wildman–Crippen LogP) is 5.97. The van der Waals surface area contributed by atoms with E-state index in [9.17, 15) is 4.79 Å². The van der Waals surface area contributed by atoms with E-state index in [0.29, 0.717) is 5.91 Å². The van der Waals surface area contributed by atoms with E-state index in [1.807, 2.05) is 6.07 Å². The molecule has 4 aromatic rings. The molecule has 1 aromatic heterocycles. The molecule has 0 N–H and O–H groups in total. The van der Waals surface area contributed by atoms with Crippen molar-refractivity contribution in [1.82, 2.24) is 19.4 Å². The van der Waals surface area contributed by atoms with Gasteiger partial charge in [0.05, 0.1) is 23.5 Å². The van der Waals surface area contributed by atoms with Crippen molar-refractivity contribution in [1.29, 1.82) is 0 Å². The van der Waals surface area contributed by atoms with E-state index in [1.54, 1.807) is 0 Å². The highest BCUT2D eigenvalue weighted by Crippen LogP contribution is 2.27. The molecule has 1 atom stereocenters. The monoisotopic (exact) mass is 585 g/mol. The van der Waals surface area contributed by atoms with E-state index in [2.05, 4.69) is 110 Å². The number of anilines is 1. The van der Waals surface area contributed by atoms with Crippen LogP contribution in [0.2, 0.25) is 0 Å². The number of likely N-dealkylation sites (tertiary alicyclic amines) is 1. The summed E-state index contributed by atoms with van der Waals surface area (Å²) < 4.78 is 3.32. The minimum Gasteiger partial charge on any atom is -0.368 e. The van der Waals surface area contributed by atoms with Crippen LogP contribution in [0.25, 0.3) is 16.7 Å². The van der Waals surface area contributed by atoms with Gasteiger partial charge in [-0.25, -0.2) is 4.98 Å². The van der Waals surface area contributed by atoms with Gasteiger partial charge in [-0.3, -0.25) is 14.3 Å². The number of piperazine rings is 1. The van der Waals surface area contributed by atoms with Crippen LogP contribution in [-0.2, 0) is 11.3 Å². The molecule has 3 aromatic carbocycles. The fraction of sp³-hybridized carbons (Fsp3) is 0.375. The number of amides is 1. The van der Waals surface area contributed by atoms with E-state index in [0.717, 1.165) is 85.7 Å². The molecule has 0 aliphatic carbocycles. The zero-order valence-corrected chi connectivity index (χ0v) is 24.4. The topological polar surface area (TPSA) is 44.6 Å². The third-order valence-electron chi connectivity index (χ3n) is 8.22. The first-order chi connectivity index (χ1) is 19.0. The van der Waals surface area contributed by atoms with E-state index < -0.39 is 0 Å². The molecule has 6 rings (SSSR count). The van der Waals surface area contributed by atoms with Crippen molar-refractivity contribution in [3.63, 3.8) is 0 Å². The van der Waals surface area contributed by atoms with Gasteiger partial charge < -0.3 is 9.80 Å². The Kier molecular flexibility index (Phi) is 7.45. The summed E-state index contributed by atoms with van der Waals surface area (Å²) in [7, 11) is 0. The van der Waals surface area contributed by atoms with Gasteiger partial charge in [-0.15, -0.1) is 0 Å². The number of rotatable bonds is 5. The van der Waals surface area contributed by atoms with Crippen molar-refractivity contribution in [3.8, 4) is 5.69 Å². The zero-order chi connectivity index (χ0) is 26.9. The number of hydrogen-bond acceptors (Lipinski definition) is 4. The van der Waals surface area contributed by atoms with Crippen LogP contribution in [0.4, 0.5) is 5.69 Å². The summed E-state index contributed by atoms with van der Waals surface area (Å²) in [6, 6.07) is 23.4. The van der Waals surface area contributed by atoms with E-state index in [-0.39, 0.29) is 5.92 Å². The van der Waals surface area contributed by atoms with E-state index >= 15 is 0 Å². The predicted molar refractivity (Wildman–Crippen MR) is 161 cm³/mol. The number of para-hydroxylation sites is 2. The summed E-state index contributed by atoms with van der Waals surface area (Å²) in [5, 5.41) is 0. The standard InChI is InChI=1S/C32H36BrN5O/c1-23-9-14-29(24(2)20-23)36-16-18-37(19-17-36)32(39)25-6-5-15-35(21-25)22-31-34-28-7-3-4-8-30(28)38(31)27-12-10-26(33)11-13-27/h3-4,7-14,20,25H,5-6,15-19,21-22H2,1-2H3/t25-/m0/s1. The van der Waals surface area contributed by atoms with Crippen LogP contribution in [0, 0.1) is 19.8 Å². The summed E-state index contributed by atoms with van der Waals surface area (Å²) in [6.45, 7) is 10.2. The van der Waals surface area contributed by atoms with Gasteiger partial charge in [-0.05, 0) is 81.3 Å². The molecule has 1 amide bonds. The molecule has 3 heterocycles. The van der Waals surface area contributed by atoms with E-state index in [1.165, 1.54) is 16.8 Å². The van der Waals surface area contributed by atoms with Crippen molar-refractivity contribution in [2.24, 2.45) is 5.92 Å². The van der Waals surface area contributed by atoms with Crippen LogP contribution in [-0.4, -0.2) is 64.5 Å². The van der Waals surface area contributed by atoms with Crippen molar-refractivity contribution in [3.05, 3.63) is 88.2 Å². The van der Waals surface area contributed by atoms with Gasteiger partial charge in [0.25, 0.3) is 0 Å². The van der Waals surface area contributed by atoms with Crippen molar-refractivity contribution >= 4 is 38.6 Å². The van der Waals surface area contributed by atoms with Gasteiger partial charge in [-0.1, -0.05) is 45.8 Å². The molecule has 0 spiro atoms. The van der Waals surface area contributed by atoms with E-state index in [4.69, 9.17) is 4.98 Å². The number of imidazole rings is 1. The first-order valence-corrected chi connectivity index (χ1v) is 14.8. The molecule has 0 unspecified atom stereocenters. The molecule has 2 fully saturated rings. The van der Waals surface area contributed by atoms with Gasteiger partial charge >= 0.3 is 0 Å². The summed E-state index contributed by atoms with van der Waals surface area (Å²) in [6.07, 6.45) is 2.01. The second-order valence-electron chi connectivity index (χ2n) is 11.0. The van der Waals surface area contributed by atoms with Gasteiger partial charge in [0, 0.05) is 48.6 Å². The highest BCUT2D eigenvalue weighted by Gasteiger charge is 2.32. The number of benzene rings is 3. The Morgan fingerprint density at radius 3 is 2.49 bits per heavy atom. The molecule has 202 valence electrons. The maximum Gasteiger partial charge on any atom is 0.227 e. The molecular weight excluding hydrogens is 550 g/mol. The lowest BCUT2D eigenvalue weighted by molar-refractivity contribution is -0.137. The minimum absolute atomic E-state index is 0.0527. The van der Waals surface area contributed by atoms with Crippen molar-refractivity contribution in [2.75, 3.05) is 44.2 Å². The first kappa shape index (κ1) is 26.1. The number of aryl methyl sites for hydroxylation is 2. The largest absolute Gasteiger partial charge is 0.368 e. The number of piperidine rings is 1.